The van der Waals surface area contributed by atoms with E-state index in [4.69, 9.17) is 4.74 Å². The van der Waals surface area contributed by atoms with Crippen LogP contribution in [0, 0.1) is 0 Å². The zero-order chi connectivity index (χ0) is 13.8. The number of nitrogens with zero attached hydrogens (tertiary/aromatic N) is 5. The van der Waals surface area contributed by atoms with E-state index in [-0.39, 0.29) is 0 Å². The van der Waals surface area contributed by atoms with E-state index in [0.717, 1.165) is 25.5 Å². The van der Waals surface area contributed by atoms with Crippen molar-refractivity contribution in [2.75, 3.05) is 56.0 Å². The first kappa shape index (κ1) is 13.8. The van der Waals surface area contributed by atoms with Crippen molar-refractivity contribution in [2.24, 2.45) is 0 Å². The van der Waals surface area contributed by atoms with Crippen LogP contribution in [0.25, 0.3) is 0 Å². The van der Waals surface area contributed by atoms with Gasteiger partial charge in [-0.05, 0) is 6.42 Å². The Morgan fingerprint density at radius 3 is 2.79 bits per heavy atom. The third kappa shape index (κ3) is 3.04. The minimum atomic E-state index is 0.330. The molecule has 0 radical (unpaired) electrons. The molecule has 0 aliphatic carbocycles. The van der Waals surface area contributed by atoms with Crippen molar-refractivity contribution in [1.29, 1.82) is 0 Å². The van der Waals surface area contributed by atoms with E-state index >= 15 is 0 Å². The lowest BCUT2D eigenvalue weighted by Gasteiger charge is -2.35. The first-order valence-electron chi connectivity index (χ1n) is 6.61. The van der Waals surface area contributed by atoms with Crippen molar-refractivity contribution in [3.8, 4) is 0 Å². The summed E-state index contributed by atoms with van der Waals surface area (Å²) in [4.78, 5) is 17.4. The summed E-state index contributed by atoms with van der Waals surface area (Å²) in [5, 5.41) is 2.99. The van der Waals surface area contributed by atoms with Gasteiger partial charge in [-0.1, -0.05) is 6.92 Å². The quantitative estimate of drug-likeness (QED) is 0.855. The lowest BCUT2D eigenvalue weighted by molar-refractivity contribution is 0.0921. The molecule has 1 N–H and O–H groups in total. The lowest BCUT2D eigenvalue weighted by atomic mass is 10.2. The highest BCUT2D eigenvalue weighted by atomic mass is 16.5. The van der Waals surface area contributed by atoms with Crippen LogP contribution in [0.1, 0.15) is 13.3 Å². The van der Waals surface area contributed by atoms with Crippen LogP contribution in [0.5, 0.6) is 0 Å². The number of hydrogen-bond donors (Lipinski definition) is 1. The summed E-state index contributed by atoms with van der Waals surface area (Å²) < 4.78 is 5.52. The number of rotatable bonds is 4. The van der Waals surface area contributed by atoms with Crippen molar-refractivity contribution in [3.05, 3.63) is 0 Å². The number of aromatic nitrogens is 3. The van der Waals surface area contributed by atoms with Gasteiger partial charge in [0, 0.05) is 27.7 Å². The van der Waals surface area contributed by atoms with Crippen LogP contribution in [0.15, 0.2) is 0 Å². The van der Waals surface area contributed by atoms with E-state index < -0.39 is 0 Å². The van der Waals surface area contributed by atoms with E-state index in [1.807, 2.05) is 26.0 Å². The molecule has 106 valence electrons. The SMILES string of the molecule is CCC1COCCN1c1nc(NC)nc(N(C)C)n1. The molecule has 1 aromatic heterocycles. The second-order valence-electron chi connectivity index (χ2n) is 4.73. The molecule has 2 heterocycles. The minimum Gasteiger partial charge on any atom is -0.377 e. The molecule has 0 saturated carbocycles. The Hall–Kier alpha value is -1.63. The Kier molecular flexibility index (Phi) is 4.36. The van der Waals surface area contributed by atoms with Gasteiger partial charge in [0.2, 0.25) is 17.8 Å². The predicted molar refractivity (Wildman–Crippen MR) is 75.9 cm³/mol. The van der Waals surface area contributed by atoms with E-state index in [0.29, 0.717) is 24.5 Å². The molecular weight excluding hydrogens is 244 g/mol. The fraction of sp³-hybridized carbons (Fsp3) is 0.750. The summed E-state index contributed by atoms with van der Waals surface area (Å²) in [6.07, 6.45) is 1.01. The maximum absolute atomic E-state index is 5.52. The van der Waals surface area contributed by atoms with Crippen LogP contribution in [0.4, 0.5) is 17.8 Å². The molecule has 0 bridgehead atoms. The van der Waals surface area contributed by atoms with Gasteiger partial charge in [0.1, 0.15) is 0 Å². The molecule has 0 aromatic carbocycles. The van der Waals surface area contributed by atoms with Crippen LogP contribution in [0.3, 0.4) is 0 Å². The van der Waals surface area contributed by atoms with Crippen LogP contribution in [-0.4, -0.2) is 61.9 Å². The van der Waals surface area contributed by atoms with E-state index in [9.17, 15) is 0 Å². The Labute approximate surface area is 114 Å². The normalized spacial score (nSPS) is 19.4. The van der Waals surface area contributed by atoms with Gasteiger partial charge < -0.3 is 19.9 Å². The summed E-state index contributed by atoms with van der Waals surface area (Å²) in [5.74, 6) is 1.98. The molecule has 1 unspecified atom stereocenters. The zero-order valence-electron chi connectivity index (χ0n) is 12.1. The van der Waals surface area contributed by atoms with Crippen LogP contribution in [-0.2, 0) is 4.74 Å². The first-order valence-corrected chi connectivity index (χ1v) is 6.61. The summed E-state index contributed by atoms with van der Waals surface area (Å²) in [5.41, 5.74) is 0. The molecule has 1 atom stereocenters. The highest BCUT2D eigenvalue weighted by Crippen LogP contribution is 2.20. The minimum absolute atomic E-state index is 0.330. The van der Waals surface area contributed by atoms with Gasteiger partial charge in [0.15, 0.2) is 0 Å². The third-order valence-corrected chi connectivity index (χ3v) is 3.19. The molecule has 1 fully saturated rings. The number of ether oxygens (including phenoxy) is 1. The average molecular weight is 266 g/mol. The smallest absolute Gasteiger partial charge is 0.232 e. The summed E-state index contributed by atoms with van der Waals surface area (Å²) >= 11 is 0. The third-order valence-electron chi connectivity index (χ3n) is 3.19. The van der Waals surface area contributed by atoms with Crippen LogP contribution in [0.2, 0.25) is 0 Å². The molecule has 1 saturated heterocycles. The van der Waals surface area contributed by atoms with Crippen molar-refractivity contribution >= 4 is 17.8 Å². The average Bonchev–Trinajstić information content (AvgIpc) is 2.46. The summed E-state index contributed by atoms with van der Waals surface area (Å²) in [6.45, 7) is 4.42. The van der Waals surface area contributed by atoms with Gasteiger partial charge in [0.05, 0.1) is 19.3 Å². The second kappa shape index (κ2) is 6.01. The Bertz CT molecular complexity index is 425. The van der Waals surface area contributed by atoms with Gasteiger partial charge in [0.25, 0.3) is 0 Å². The van der Waals surface area contributed by atoms with Gasteiger partial charge in [-0.3, -0.25) is 0 Å². The molecule has 19 heavy (non-hydrogen) atoms. The van der Waals surface area contributed by atoms with E-state index in [2.05, 4.69) is 32.1 Å². The van der Waals surface area contributed by atoms with Gasteiger partial charge >= 0.3 is 0 Å². The number of morpholine rings is 1. The number of nitrogens with one attached hydrogen (secondary N) is 1. The largest absolute Gasteiger partial charge is 0.377 e. The molecule has 1 aliphatic heterocycles. The molecule has 7 nitrogen and oxygen atoms in total. The van der Waals surface area contributed by atoms with Gasteiger partial charge in [-0.2, -0.15) is 15.0 Å². The lowest BCUT2D eigenvalue weighted by Crippen LogP contribution is -2.46. The topological polar surface area (TPSA) is 66.4 Å². The maximum Gasteiger partial charge on any atom is 0.232 e. The molecule has 7 heteroatoms. The van der Waals surface area contributed by atoms with Gasteiger partial charge in [-0.15, -0.1) is 0 Å². The summed E-state index contributed by atoms with van der Waals surface area (Å²) in [7, 11) is 5.67. The molecular formula is C12H22N6O. The monoisotopic (exact) mass is 266 g/mol. The number of anilines is 3. The zero-order valence-corrected chi connectivity index (χ0v) is 12.1. The Balaban J connectivity index is 2.33. The Morgan fingerprint density at radius 2 is 2.16 bits per heavy atom. The van der Waals surface area contributed by atoms with Crippen molar-refractivity contribution in [3.63, 3.8) is 0 Å². The number of hydrogen-bond acceptors (Lipinski definition) is 7. The van der Waals surface area contributed by atoms with Gasteiger partial charge in [-0.25, -0.2) is 0 Å². The predicted octanol–water partition coefficient (Wildman–Crippen LogP) is 0.595. The fourth-order valence-electron chi connectivity index (χ4n) is 2.05. The maximum atomic E-state index is 5.52. The highest BCUT2D eigenvalue weighted by Gasteiger charge is 2.25. The van der Waals surface area contributed by atoms with Crippen molar-refractivity contribution in [2.45, 2.75) is 19.4 Å². The van der Waals surface area contributed by atoms with Crippen LogP contribution < -0.4 is 15.1 Å². The molecule has 2 rings (SSSR count). The summed E-state index contributed by atoms with van der Waals surface area (Å²) in [6, 6.07) is 0.330. The van der Waals surface area contributed by atoms with E-state index in [1.54, 1.807) is 0 Å². The fourth-order valence-corrected chi connectivity index (χ4v) is 2.05. The molecule has 1 aliphatic rings. The van der Waals surface area contributed by atoms with E-state index in [1.165, 1.54) is 0 Å². The first-order chi connectivity index (χ1) is 9.15. The standard InChI is InChI=1S/C12H22N6O/c1-5-9-8-19-7-6-18(9)12-15-10(13-2)14-11(16-12)17(3)4/h9H,5-8H2,1-4H3,(H,13,14,15,16). The highest BCUT2D eigenvalue weighted by molar-refractivity contribution is 5.45. The molecule has 0 amide bonds. The second-order valence-corrected chi connectivity index (χ2v) is 4.73. The van der Waals surface area contributed by atoms with Crippen molar-refractivity contribution < 1.29 is 4.74 Å². The van der Waals surface area contributed by atoms with Crippen LogP contribution >= 0.6 is 0 Å². The molecule has 0 spiro atoms. The Morgan fingerprint density at radius 1 is 1.37 bits per heavy atom. The molecule has 1 aromatic rings. The van der Waals surface area contributed by atoms with Crippen molar-refractivity contribution in [1.82, 2.24) is 15.0 Å².